The van der Waals surface area contributed by atoms with Crippen LogP contribution in [0.1, 0.15) is 16.3 Å². The van der Waals surface area contributed by atoms with Crippen molar-refractivity contribution in [3.8, 4) is 5.69 Å². The number of halogens is 1. The Morgan fingerprint density at radius 1 is 1.33 bits per heavy atom. The van der Waals surface area contributed by atoms with Crippen molar-refractivity contribution in [3.05, 3.63) is 58.3 Å². The van der Waals surface area contributed by atoms with E-state index in [4.69, 9.17) is 0 Å². The number of benzene rings is 1. The highest BCUT2D eigenvalue weighted by Gasteiger charge is 2.06. The number of aromatic nitrogens is 4. The average molecular weight is 303 g/mol. The lowest BCUT2D eigenvalue weighted by molar-refractivity contribution is 0.604. The molecule has 0 amide bonds. The summed E-state index contributed by atoms with van der Waals surface area (Å²) in [4.78, 5) is 8.18. The quantitative estimate of drug-likeness (QED) is 0.786. The van der Waals surface area contributed by atoms with Crippen molar-refractivity contribution in [3.63, 3.8) is 0 Å². The van der Waals surface area contributed by atoms with Gasteiger partial charge in [-0.3, -0.25) is 0 Å². The number of thiazole rings is 1. The van der Waals surface area contributed by atoms with Crippen molar-refractivity contribution in [1.29, 1.82) is 0 Å². The Labute approximate surface area is 125 Å². The zero-order valence-corrected chi connectivity index (χ0v) is 12.3. The van der Waals surface area contributed by atoms with Gasteiger partial charge in [0.1, 0.15) is 29.2 Å². The molecule has 0 fully saturated rings. The first-order valence-corrected chi connectivity index (χ1v) is 7.35. The normalized spacial score (nSPS) is 11.0. The molecule has 0 saturated carbocycles. The molecular formula is C14H14FN5S. The second-order valence-corrected chi connectivity index (χ2v) is 5.55. The van der Waals surface area contributed by atoms with E-state index < -0.39 is 0 Å². The highest BCUT2D eigenvalue weighted by atomic mass is 32.1. The molecular weight excluding hydrogens is 289 g/mol. The third kappa shape index (κ3) is 3.32. The number of aryl methyl sites for hydroxylation is 1. The SMILES string of the molecule is Cc1csc(CNCc2ccc(-n3cncn3)c(F)c2)n1. The van der Waals surface area contributed by atoms with Gasteiger partial charge in [0.2, 0.25) is 0 Å². The maximum atomic E-state index is 14.0. The van der Waals surface area contributed by atoms with E-state index in [9.17, 15) is 4.39 Å². The molecule has 1 N–H and O–H groups in total. The minimum atomic E-state index is -0.315. The molecule has 0 bridgehead atoms. The lowest BCUT2D eigenvalue weighted by Gasteiger charge is -2.06. The van der Waals surface area contributed by atoms with Crippen LogP contribution in [-0.4, -0.2) is 19.7 Å². The van der Waals surface area contributed by atoms with Crippen LogP contribution in [0.25, 0.3) is 5.69 Å². The molecule has 108 valence electrons. The van der Waals surface area contributed by atoms with Gasteiger partial charge in [-0.1, -0.05) is 6.07 Å². The second-order valence-electron chi connectivity index (χ2n) is 4.61. The van der Waals surface area contributed by atoms with E-state index in [1.165, 1.54) is 23.4 Å². The van der Waals surface area contributed by atoms with Crippen molar-refractivity contribution in [2.75, 3.05) is 0 Å². The highest BCUT2D eigenvalue weighted by molar-refractivity contribution is 7.09. The number of rotatable bonds is 5. The molecule has 2 heterocycles. The third-order valence-corrected chi connectivity index (χ3v) is 3.92. The van der Waals surface area contributed by atoms with Crippen LogP contribution in [0.5, 0.6) is 0 Å². The molecule has 3 rings (SSSR count). The first-order valence-electron chi connectivity index (χ1n) is 6.47. The van der Waals surface area contributed by atoms with Crippen LogP contribution in [0.2, 0.25) is 0 Å². The van der Waals surface area contributed by atoms with Gasteiger partial charge in [0, 0.05) is 24.2 Å². The summed E-state index contributed by atoms with van der Waals surface area (Å²) in [6.07, 6.45) is 2.85. The van der Waals surface area contributed by atoms with Crippen molar-refractivity contribution < 1.29 is 4.39 Å². The number of nitrogens with one attached hydrogen (secondary N) is 1. The number of hydrogen-bond acceptors (Lipinski definition) is 5. The van der Waals surface area contributed by atoms with Crippen molar-refractivity contribution in [2.24, 2.45) is 0 Å². The Morgan fingerprint density at radius 2 is 2.24 bits per heavy atom. The van der Waals surface area contributed by atoms with Crippen molar-refractivity contribution in [2.45, 2.75) is 20.0 Å². The molecule has 3 aromatic rings. The van der Waals surface area contributed by atoms with Crippen molar-refractivity contribution in [1.82, 2.24) is 25.1 Å². The van der Waals surface area contributed by atoms with Gasteiger partial charge in [-0.15, -0.1) is 11.3 Å². The summed E-state index contributed by atoms with van der Waals surface area (Å²) in [5, 5.41) is 10.2. The lowest BCUT2D eigenvalue weighted by atomic mass is 10.2. The monoisotopic (exact) mass is 303 g/mol. The van der Waals surface area contributed by atoms with E-state index in [-0.39, 0.29) is 5.82 Å². The van der Waals surface area contributed by atoms with Crippen LogP contribution in [-0.2, 0) is 13.1 Å². The fraction of sp³-hybridized carbons (Fsp3) is 0.214. The Morgan fingerprint density at radius 3 is 2.90 bits per heavy atom. The Balaban J connectivity index is 1.63. The molecule has 0 aliphatic rings. The molecule has 0 radical (unpaired) electrons. The standard InChI is InChI=1S/C14H14FN5S/c1-10-7-21-14(19-10)6-16-5-11-2-3-13(12(15)4-11)20-9-17-8-18-20/h2-4,7-9,16H,5-6H2,1H3. The highest BCUT2D eigenvalue weighted by Crippen LogP contribution is 2.14. The van der Waals surface area contributed by atoms with E-state index in [2.05, 4.69) is 20.4 Å². The molecule has 1 aromatic carbocycles. The molecule has 21 heavy (non-hydrogen) atoms. The largest absolute Gasteiger partial charge is 0.306 e. The zero-order valence-electron chi connectivity index (χ0n) is 11.5. The average Bonchev–Trinajstić information content (AvgIpc) is 3.11. The first kappa shape index (κ1) is 13.8. The van der Waals surface area contributed by atoms with Gasteiger partial charge < -0.3 is 5.32 Å². The Hall–Kier alpha value is -2.12. The molecule has 0 spiro atoms. The molecule has 7 heteroatoms. The molecule has 2 aromatic heterocycles. The minimum absolute atomic E-state index is 0.315. The van der Waals surface area contributed by atoms with Crippen molar-refractivity contribution >= 4 is 11.3 Å². The molecule has 0 atom stereocenters. The Bertz CT molecular complexity index is 723. The van der Waals surface area contributed by atoms with Gasteiger partial charge in [-0.25, -0.2) is 19.0 Å². The predicted molar refractivity (Wildman–Crippen MR) is 78.7 cm³/mol. The third-order valence-electron chi connectivity index (χ3n) is 2.95. The lowest BCUT2D eigenvalue weighted by Crippen LogP contribution is -2.13. The van der Waals surface area contributed by atoms with Gasteiger partial charge in [-0.05, 0) is 24.6 Å². The number of hydrogen-bond donors (Lipinski definition) is 1. The summed E-state index contributed by atoms with van der Waals surface area (Å²) in [7, 11) is 0. The van der Waals surface area contributed by atoms with Crippen LogP contribution < -0.4 is 5.32 Å². The van der Waals surface area contributed by atoms with Crippen LogP contribution in [0.4, 0.5) is 4.39 Å². The minimum Gasteiger partial charge on any atom is -0.306 e. The summed E-state index contributed by atoms with van der Waals surface area (Å²) >= 11 is 1.62. The maximum absolute atomic E-state index is 14.0. The van der Waals surface area contributed by atoms with Gasteiger partial charge in [0.15, 0.2) is 0 Å². The van der Waals surface area contributed by atoms with E-state index >= 15 is 0 Å². The van der Waals surface area contributed by atoms with E-state index in [0.717, 1.165) is 16.3 Å². The summed E-state index contributed by atoms with van der Waals surface area (Å²) < 4.78 is 15.4. The fourth-order valence-electron chi connectivity index (χ4n) is 1.98. The molecule has 0 aliphatic carbocycles. The molecule has 0 saturated heterocycles. The van der Waals surface area contributed by atoms with E-state index in [0.29, 0.717) is 18.8 Å². The molecule has 5 nitrogen and oxygen atoms in total. The summed E-state index contributed by atoms with van der Waals surface area (Å²) in [5.74, 6) is -0.315. The van der Waals surface area contributed by atoms with Crippen LogP contribution in [0.15, 0.2) is 36.2 Å². The summed E-state index contributed by atoms with van der Waals surface area (Å²) in [6, 6.07) is 5.09. The van der Waals surface area contributed by atoms with Gasteiger partial charge in [0.25, 0.3) is 0 Å². The Kier molecular flexibility index (Phi) is 4.03. The second kappa shape index (κ2) is 6.11. The van der Waals surface area contributed by atoms with Gasteiger partial charge in [-0.2, -0.15) is 5.10 Å². The molecule has 0 unspecified atom stereocenters. The van der Waals surface area contributed by atoms with Crippen LogP contribution in [0, 0.1) is 12.7 Å². The molecule has 0 aliphatic heterocycles. The topological polar surface area (TPSA) is 55.6 Å². The van der Waals surface area contributed by atoms with Gasteiger partial charge in [0.05, 0.1) is 0 Å². The fourth-order valence-corrected chi connectivity index (χ4v) is 2.72. The number of nitrogens with zero attached hydrogens (tertiary/aromatic N) is 4. The van der Waals surface area contributed by atoms with Gasteiger partial charge >= 0.3 is 0 Å². The van der Waals surface area contributed by atoms with Crippen LogP contribution in [0.3, 0.4) is 0 Å². The summed E-state index contributed by atoms with van der Waals surface area (Å²) in [5.41, 5.74) is 2.30. The summed E-state index contributed by atoms with van der Waals surface area (Å²) in [6.45, 7) is 3.25. The maximum Gasteiger partial charge on any atom is 0.149 e. The van der Waals surface area contributed by atoms with E-state index in [1.54, 1.807) is 17.4 Å². The van der Waals surface area contributed by atoms with Crippen LogP contribution >= 0.6 is 11.3 Å². The zero-order chi connectivity index (χ0) is 14.7. The van der Waals surface area contributed by atoms with E-state index in [1.807, 2.05) is 18.4 Å². The smallest absolute Gasteiger partial charge is 0.149 e. The predicted octanol–water partition coefficient (Wildman–Crippen LogP) is 2.46. The first-order chi connectivity index (χ1) is 10.2.